The van der Waals surface area contributed by atoms with E-state index in [0.717, 1.165) is 18.7 Å². The molecule has 0 fully saturated rings. The molecular weight excluding hydrogens is 248 g/mol. The topological polar surface area (TPSA) is 48.0 Å². The Hall–Kier alpha value is -2.03. The molecule has 1 aromatic heterocycles. The summed E-state index contributed by atoms with van der Waals surface area (Å²) < 4.78 is 2.32. The molecular formula is C17H20N2O. The molecule has 1 amide bonds. The third kappa shape index (κ3) is 2.48. The van der Waals surface area contributed by atoms with E-state index in [4.69, 9.17) is 5.73 Å². The van der Waals surface area contributed by atoms with Crippen molar-refractivity contribution in [3.8, 4) is 11.1 Å². The summed E-state index contributed by atoms with van der Waals surface area (Å²) in [5.41, 5.74) is 10.3. The molecule has 0 saturated heterocycles. The SMILES string of the molecule is NC(=O)Cc1cc(-c2ccccc2)c2n1CCCCC2. The van der Waals surface area contributed by atoms with E-state index in [-0.39, 0.29) is 5.91 Å². The molecule has 0 atom stereocenters. The number of carbonyl (C=O) groups is 1. The van der Waals surface area contributed by atoms with Crippen LogP contribution in [0.2, 0.25) is 0 Å². The van der Waals surface area contributed by atoms with E-state index >= 15 is 0 Å². The van der Waals surface area contributed by atoms with Crippen LogP contribution in [0.4, 0.5) is 0 Å². The van der Waals surface area contributed by atoms with Crippen LogP contribution < -0.4 is 5.73 Å². The zero-order valence-corrected chi connectivity index (χ0v) is 11.6. The van der Waals surface area contributed by atoms with Crippen molar-refractivity contribution in [3.63, 3.8) is 0 Å². The number of rotatable bonds is 3. The molecule has 3 rings (SSSR count). The number of nitrogens with two attached hydrogens (primary N) is 1. The van der Waals surface area contributed by atoms with Crippen molar-refractivity contribution in [2.24, 2.45) is 5.73 Å². The van der Waals surface area contributed by atoms with Crippen molar-refractivity contribution in [1.82, 2.24) is 4.57 Å². The fourth-order valence-corrected chi connectivity index (χ4v) is 3.13. The summed E-state index contributed by atoms with van der Waals surface area (Å²) in [6.07, 6.45) is 5.08. The summed E-state index contributed by atoms with van der Waals surface area (Å²) >= 11 is 0. The molecule has 0 aliphatic carbocycles. The summed E-state index contributed by atoms with van der Waals surface area (Å²) in [7, 11) is 0. The molecule has 20 heavy (non-hydrogen) atoms. The second kappa shape index (κ2) is 5.53. The van der Waals surface area contributed by atoms with Crippen LogP contribution in [0.1, 0.15) is 30.7 Å². The number of carbonyl (C=O) groups excluding carboxylic acids is 1. The van der Waals surface area contributed by atoms with Gasteiger partial charge in [-0.05, 0) is 30.9 Å². The van der Waals surface area contributed by atoms with E-state index in [1.807, 2.05) is 6.07 Å². The molecule has 1 aromatic carbocycles. The highest BCUT2D eigenvalue weighted by Gasteiger charge is 2.18. The Morgan fingerprint density at radius 2 is 1.95 bits per heavy atom. The molecule has 0 unspecified atom stereocenters. The summed E-state index contributed by atoms with van der Waals surface area (Å²) in [4.78, 5) is 11.3. The lowest BCUT2D eigenvalue weighted by molar-refractivity contribution is -0.117. The van der Waals surface area contributed by atoms with Gasteiger partial charge in [0.2, 0.25) is 5.91 Å². The van der Waals surface area contributed by atoms with Gasteiger partial charge < -0.3 is 10.3 Å². The lowest BCUT2D eigenvalue weighted by Crippen LogP contribution is -2.17. The van der Waals surface area contributed by atoms with Crippen LogP contribution in [0, 0.1) is 0 Å². The number of nitrogens with zero attached hydrogens (tertiary/aromatic N) is 1. The lowest BCUT2D eigenvalue weighted by Gasteiger charge is -2.10. The number of hydrogen-bond acceptors (Lipinski definition) is 1. The van der Waals surface area contributed by atoms with E-state index < -0.39 is 0 Å². The number of aromatic nitrogens is 1. The summed E-state index contributed by atoms with van der Waals surface area (Å²) in [6, 6.07) is 12.6. The predicted molar refractivity (Wildman–Crippen MR) is 80.3 cm³/mol. The monoisotopic (exact) mass is 268 g/mol. The highest BCUT2D eigenvalue weighted by molar-refractivity contribution is 5.77. The summed E-state index contributed by atoms with van der Waals surface area (Å²) in [5, 5.41) is 0. The largest absolute Gasteiger partial charge is 0.369 e. The van der Waals surface area contributed by atoms with Crippen molar-refractivity contribution < 1.29 is 4.79 Å². The first-order chi connectivity index (χ1) is 9.75. The molecule has 1 aliphatic heterocycles. The first-order valence-corrected chi connectivity index (χ1v) is 7.30. The van der Waals surface area contributed by atoms with Gasteiger partial charge in [-0.25, -0.2) is 0 Å². The standard InChI is InChI=1S/C17H20N2O/c18-17(20)12-14-11-15(13-7-3-1-4-8-13)16-9-5-2-6-10-19(14)16/h1,3-4,7-8,11H,2,5-6,9-10,12H2,(H2,18,20). The van der Waals surface area contributed by atoms with Crippen LogP contribution in [0.5, 0.6) is 0 Å². The average molecular weight is 268 g/mol. The van der Waals surface area contributed by atoms with E-state index in [2.05, 4.69) is 34.9 Å². The molecule has 3 heteroatoms. The Bertz CT molecular complexity index is 613. The van der Waals surface area contributed by atoms with Gasteiger partial charge in [-0.2, -0.15) is 0 Å². The first kappa shape index (κ1) is 13.0. The summed E-state index contributed by atoms with van der Waals surface area (Å²) in [5.74, 6) is -0.255. The van der Waals surface area contributed by atoms with Crippen LogP contribution >= 0.6 is 0 Å². The van der Waals surface area contributed by atoms with Gasteiger partial charge in [-0.3, -0.25) is 4.79 Å². The molecule has 104 valence electrons. The molecule has 2 N–H and O–H groups in total. The number of benzene rings is 1. The number of fused-ring (bicyclic) bond motifs is 1. The number of hydrogen-bond donors (Lipinski definition) is 1. The minimum atomic E-state index is -0.255. The van der Waals surface area contributed by atoms with Crippen LogP contribution in [-0.2, 0) is 24.2 Å². The van der Waals surface area contributed by atoms with Crippen molar-refractivity contribution >= 4 is 5.91 Å². The second-order valence-corrected chi connectivity index (χ2v) is 5.47. The molecule has 1 aliphatic rings. The van der Waals surface area contributed by atoms with E-state index in [0.29, 0.717) is 6.42 Å². The Morgan fingerprint density at radius 1 is 1.15 bits per heavy atom. The van der Waals surface area contributed by atoms with Gasteiger partial charge in [0.05, 0.1) is 6.42 Å². The van der Waals surface area contributed by atoms with Crippen LogP contribution in [0.3, 0.4) is 0 Å². The molecule has 0 spiro atoms. The van der Waals surface area contributed by atoms with Gasteiger partial charge in [-0.1, -0.05) is 36.8 Å². The fraction of sp³-hybridized carbons (Fsp3) is 0.353. The third-order valence-electron chi connectivity index (χ3n) is 4.03. The Morgan fingerprint density at radius 3 is 2.70 bits per heavy atom. The Balaban J connectivity index is 2.10. The molecule has 0 radical (unpaired) electrons. The van der Waals surface area contributed by atoms with Gasteiger partial charge >= 0.3 is 0 Å². The molecule has 2 aromatic rings. The normalized spacial score (nSPS) is 14.6. The predicted octanol–water partition coefficient (Wildman–Crippen LogP) is 2.91. The van der Waals surface area contributed by atoms with Crippen LogP contribution in [-0.4, -0.2) is 10.5 Å². The third-order valence-corrected chi connectivity index (χ3v) is 4.03. The molecule has 2 heterocycles. The smallest absolute Gasteiger partial charge is 0.223 e. The zero-order valence-electron chi connectivity index (χ0n) is 11.6. The van der Waals surface area contributed by atoms with Crippen molar-refractivity contribution in [2.75, 3.05) is 0 Å². The minimum absolute atomic E-state index is 0.255. The highest BCUT2D eigenvalue weighted by Crippen LogP contribution is 2.31. The minimum Gasteiger partial charge on any atom is -0.369 e. The highest BCUT2D eigenvalue weighted by atomic mass is 16.1. The van der Waals surface area contributed by atoms with Crippen molar-refractivity contribution in [2.45, 2.75) is 38.6 Å². The van der Waals surface area contributed by atoms with E-state index in [1.54, 1.807) is 0 Å². The van der Waals surface area contributed by atoms with Gasteiger partial charge in [0.15, 0.2) is 0 Å². The maximum atomic E-state index is 11.3. The van der Waals surface area contributed by atoms with Gasteiger partial charge in [0, 0.05) is 23.5 Å². The Labute approximate surface area is 119 Å². The van der Waals surface area contributed by atoms with E-state index in [1.165, 1.54) is 36.1 Å². The number of amides is 1. The van der Waals surface area contributed by atoms with Crippen molar-refractivity contribution in [3.05, 3.63) is 47.8 Å². The van der Waals surface area contributed by atoms with Gasteiger partial charge in [0.1, 0.15) is 0 Å². The second-order valence-electron chi connectivity index (χ2n) is 5.47. The Kier molecular flexibility index (Phi) is 3.59. The molecule has 0 saturated carbocycles. The van der Waals surface area contributed by atoms with Crippen LogP contribution in [0.25, 0.3) is 11.1 Å². The lowest BCUT2D eigenvalue weighted by atomic mass is 10.0. The summed E-state index contributed by atoms with van der Waals surface area (Å²) in [6.45, 7) is 1.00. The fourth-order valence-electron chi connectivity index (χ4n) is 3.13. The van der Waals surface area contributed by atoms with Gasteiger partial charge in [0.25, 0.3) is 0 Å². The quantitative estimate of drug-likeness (QED) is 0.914. The molecule has 3 nitrogen and oxygen atoms in total. The maximum Gasteiger partial charge on any atom is 0.223 e. The maximum absolute atomic E-state index is 11.3. The zero-order chi connectivity index (χ0) is 13.9. The van der Waals surface area contributed by atoms with Crippen molar-refractivity contribution in [1.29, 1.82) is 0 Å². The number of primary amides is 1. The van der Waals surface area contributed by atoms with Crippen LogP contribution in [0.15, 0.2) is 36.4 Å². The van der Waals surface area contributed by atoms with E-state index in [9.17, 15) is 4.79 Å². The average Bonchev–Trinajstić information content (AvgIpc) is 2.64. The van der Waals surface area contributed by atoms with Gasteiger partial charge in [-0.15, -0.1) is 0 Å². The molecule has 0 bridgehead atoms. The first-order valence-electron chi connectivity index (χ1n) is 7.30.